The van der Waals surface area contributed by atoms with E-state index in [1.807, 2.05) is 32.9 Å². The van der Waals surface area contributed by atoms with Gasteiger partial charge in [0, 0.05) is 5.56 Å². The zero-order valence-electron chi connectivity index (χ0n) is 20.2. The van der Waals surface area contributed by atoms with Crippen LogP contribution in [0.4, 0.5) is 5.13 Å². The fraction of sp³-hybridized carbons (Fsp3) is 0.179. The zero-order valence-corrected chi connectivity index (χ0v) is 22.5. The Hall–Kier alpha value is -3.39. The van der Waals surface area contributed by atoms with Crippen LogP contribution in [0.2, 0.25) is 10.0 Å². The van der Waals surface area contributed by atoms with Gasteiger partial charge in [0.25, 0.3) is 5.78 Å². The highest BCUT2D eigenvalue weighted by Crippen LogP contribution is 2.45. The van der Waals surface area contributed by atoms with Crippen molar-refractivity contribution in [2.75, 3.05) is 11.5 Å². The molecule has 1 aliphatic heterocycles. The molecule has 4 aromatic rings. The Morgan fingerprint density at radius 3 is 2.59 bits per heavy atom. The van der Waals surface area contributed by atoms with Crippen LogP contribution in [0.15, 0.2) is 60.2 Å². The third-order valence-electron chi connectivity index (χ3n) is 6.15. The molecule has 1 unspecified atom stereocenters. The van der Waals surface area contributed by atoms with Crippen molar-refractivity contribution >= 4 is 67.3 Å². The summed E-state index contributed by atoms with van der Waals surface area (Å²) < 4.78 is 6.45. The van der Waals surface area contributed by atoms with E-state index in [1.165, 1.54) is 16.2 Å². The molecule has 1 amide bonds. The van der Waals surface area contributed by atoms with E-state index >= 15 is 0 Å². The highest BCUT2D eigenvalue weighted by molar-refractivity contribution is 7.22. The molecule has 1 atom stereocenters. The molecule has 6 nitrogen and oxygen atoms in total. The number of benzene rings is 3. The summed E-state index contributed by atoms with van der Waals surface area (Å²) in [6.45, 7) is 6.23. The minimum atomic E-state index is -0.965. The second-order valence-corrected chi connectivity index (χ2v) is 10.6. The molecule has 1 saturated heterocycles. The molecule has 0 bridgehead atoms. The van der Waals surface area contributed by atoms with Crippen molar-refractivity contribution in [1.29, 1.82) is 0 Å². The van der Waals surface area contributed by atoms with E-state index < -0.39 is 17.7 Å². The molecular weight excluding hydrogens is 531 g/mol. The van der Waals surface area contributed by atoms with Crippen LogP contribution in [-0.4, -0.2) is 28.4 Å². The van der Waals surface area contributed by atoms with Crippen molar-refractivity contribution in [3.8, 4) is 5.75 Å². The molecule has 1 fully saturated rings. The van der Waals surface area contributed by atoms with Crippen LogP contribution >= 0.6 is 34.5 Å². The largest absolute Gasteiger partial charge is 0.507 e. The molecule has 0 radical (unpaired) electrons. The molecule has 0 spiro atoms. The van der Waals surface area contributed by atoms with Gasteiger partial charge in [-0.25, -0.2) is 4.98 Å². The third kappa shape index (κ3) is 4.48. The maximum atomic E-state index is 13.5. The van der Waals surface area contributed by atoms with Crippen molar-refractivity contribution in [3.05, 3.63) is 92.5 Å². The molecule has 37 heavy (non-hydrogen) atoms. The standard InChI is InChI=1S/C28H22Cl2N2O4S/c1-4-36-18-7-5-6-17(12-18)25(33)22-24(16-8-9-19(29)20(30)13-16)32(27(35)26(22)34)28-31-23-15(3)10-14(2)11-21(23)37-28/h5-13,24,33H,4H2,1-3H3. The molecule has 5 rings (SSSR count). The molecule has 9 heteroatoms. The van der Waals surface area contributed by atoms with Crippen molar-refractivity contribution in [2.45, 2.75) is 26.8 Å². The first-order valence-electron chi connectivity index (χ1n) is 11.6. The number of anilines is 1. The van der Waals surface area contributed by atoms with E-state index in [1.54, 1.807) is 42.5 Å². The third-order valence-corrected chi connectivity index (χ3v) is 7.89. The Balaban J connectivity index is 1.74. The predicted molar refractivity (Wildman–Crippen MR) is 148 cm³/mol. The number of rotatable bonds is 5. The van der Waals surface area contributed by atoms with Crippen LogP contribution in [0, 0.1) is 13.8 Å². The Morgan fingerprint density at radius 2 is 1.86 bits per heavy atom. The van der Waals surface area contributed by atoms with Gasteiger partial charge in [0.05, 0.1) is 38.5 Å². The summed E-state index contributed by atoms with van der Waals surface area (Å²) in [5.74, 6) is -1.38. The quantitative estimate of drug-likeness (QED) is 0.160. The molecule has 0 aliphatic carbocycles. The van der Waals surface area contributed by atoms with Crippen molar-refractivity contribution in [1.82, 2.24) is 4.98 Å². The monoisotopic (exact) mass is 552 g/mol. The first kappa shape index (κ1) is 25.3. The summed E-state index contributed by atoms with van der Waals surface area (Å²) >= 11 is 13.8. The van der Waals surface area contributed by atoms with E-state index in [0.29, 0.717) is 33.6 Å². The van der Waals surface area contributed by atoms with Crippen LogP contribution < -0.4 is 9.64 Å². The van der Waals surface area contributed by atoms with Gasteiger partial charge in [0.15, 0.2) is 5.13 Å². The van der Waals surface area contributed by atoms with Gasteiger partial charge in [-0.2, -0.15) is 0 Å². The lowest BCUT2D eigenvalue weighted by Gasteiger charge is -2.23. The minimum Gasteiger partial charge on any atom is -0.507 e. The lowest BCUT2D eigenvalue weighted by molar-refractivity contribution is -0.132. The zero-order chi connectivity index (χ0) is 26.4. The maximum Gasteiger partial charge on any atom is 0.301 e. The number of thiazole rings is 1. The number of ketones is 1. The number of Topliss-reactive ketones (excluding diaryl/α,β-unsaturated/α-hetero) is 1. The van der Waals surface area contributed by atoms with E-state index in [4.69, 9.17) is 32.9 Å². The van der Waals surface area contributed by atoms with Gasteiger partial charge in [-0.3, -0.25) is 14.5 Å². The number of ether oxygens (including phenoxy) is 1. The van der Waals surface area contributed by atoms with Gasteiger partial charge < -0.3 is 9.84 Å². The van der Waals surface area contributed by atoms with Gasteiger partial charge in [0.2, 0.25) is 0 Å². The lowest BCUT2D eigenvalue weighted by Crippen LogP contribution is -2.29. The fourth-order valence-electron chi connectivity index (χ4n) is 4.54. The van der Waals surface area contributed by atoms with Gasteiger partial charge >= 0.3 is 5.91 Å². The second-order valence-electron chi connectivity index (χ2n) is 8.73. The highest BCUT2D eigenvalue weighted by Gasteiger charge is 2.48. The van der Waals surface area contributed by atoms with E-state index in [0.717, 1.165) is 21.3 Å². The smallest absolute Gasteiger partial charge is 0.301 e. The SMILES string of the molecule is CCOc1cccc(C(O)=C2C(=O)C(=O)N(c3nc4c(C)cc(C)cc4s3)C2c2ccc(Cl)c(Cl)c2)c1. The van der Waals surface area contributed by atoms with Crippen molar-refractivity contribution < 1.29 is 19.4 Å². The number of nitrogens with zero attached hydrogens (tertiary/aromatic N) is 2. The summed E-state index contributed by atoms with van der Waals surface area (Å²) in [6.07, 6.45) is 0. The number of hydrogen-bond donors (Lipinski definition) is 1. The van der Waals surface area contributed by atoms with Crippen LogP contribution in [0.1, 0.15) is 35.2 Å². The fourth-order valence-corrected chi connectivity index (χ4v) is 6.02. The Labute approximate surface area is 227 Å². The second kappa shape index (κ2) is 9.82. The van der Waals surface area contributed by atoms with Gasteiger partial charge in [-0.1, -0.05) is 58.8 Å². The highest BCUT2D eigenvalue weighted by atomic mass is 35.5. The normalized spacial score (nSPS) is 17.1. The molecule has 2 heterocycles. The van der Waals surface area contributed by atoms with Crippen molar-refractivity contribution in [2.24, 2.45) is 0 Å². The summed E-state index contributed by atoms with van der Waals surface area (Å²) in [6, 6.07) is 14.7. The summed E-state index contributed by atoms with van der Waals surface area (Å²) in [5, 5.41) is 12.3. The average Bonchev–Trinajstić information content (AvgIpc) is 3.39. The number of carbonyl (C=O) groups excluding carboxylic acids is 2. The number of hydrogen-bond acceptors (Lipinski definition) is 6. The molecular formula is C28H22Cl2N2O4S. The first-order valence-corrected chi connectivity index (χ1v) is 13.1. The number of aryl methyl sites for hydroxylation is 2. The lowest BCUT2D eigenvalue weighted by atomic mass is 9.95. The predicted octanol–water partition coefficient (Wildman–Crippen LogP) is 7.24. The van der Waals surface area contributed by atoms with Crippen LogP contribution in [0.3, 0.4) is 0 Å². The first-order chi connectivity index (χ1) is 17.7. The number of carbonyl (C=O) groups is 2. The number of amides is 1. The van der Waals surface area contributed by atoms with E-state index in [9.17, 15) is 14.7 Å². The van der Waals surface area contributed by atoms with Crippen LogP contribution in [0.25, 0.3) is 16.0 Å². The maximum absolute atomic E-state index is 13.5. The topological polar surface area (TPSA) is 79.7 Å². The Kier molecular flexibility index (Phi) is 6.70. The molecule has 1 N–H and O–H groups in total. The number of fused-ring (bicyclic) bond motifs is 1. The number of aliphatic hydroxyl groups excluding tert-OH is 1. The average molecular weight is 553 g/mol. The van der Waals surface area contributed by atoms with Gasteiger partial charge in [0.1, 0.15) is 11.5 Å². The molecule has 0 saturated carbocycles. The number of aromatic nitrogens is 1. The number of halogens is 2. The van der Waals surface area contributed by atoms with Crippen LogP contribution in [0.5, 0.6) is 5.75 Å². The van der Waals surface area contributed by atoms with E-state index in [-0.39, 0.29) is 16.4 Å². The van der Waals surface area contributed by atoms with Gasteiger partial charge in [-0.05, 0) is 67.8 Å². The summed E-state index contributed by atoms with van der Waals surface area (Å²) in [5.41, 5.74) is 3.59. The molecule has 1 aromatic heterocycles. The summed E-state index contributed by atoms with van der Waals surface area (Å²) in [4.78, 5) is 33.0. The Bertz CT molecular complexity index is 1610. The molecule has 1 aliphatic rings. The van der Waals surface area contributed by atoms with Gasteiger partial charge in [-0.15, -0.1) is 0 Å². The summed E-state index contributed by atoms with van der Waals surface area (Å²) in [7, 11) is 0. The minimum absolute atomic E-state index is 0.0656. The van der Waals surface area contributed by atoms with E-state index in [2.05, 4.69) is 0 Å². The molecule has 188 valence electrons. The van der Waals surface area contributed by atoms with Crippen molar-refractivity contribution in [3.63, 3.8) is 0 Å². The van der Waals surface area contributed by atoms with Crippen LogP contribution in [-0.2, 0) is 9.59 Å². The number of aliphatic hydroxyl groups is 1. The molecule has 3 aromatic carbocycles. The Morgan fingerprint density at radius 1 is 1.08 bits per heavy atom.